The molecule has 3 heterocycles. The van der Waals surface area contributed by atoms with Crippen LogP contribution in [0.4, 0.5) is 5.82 Å². The number of nitrogens with zero attached hydrogens (tertiary/aromatic N) is 5. The Hall–Kier alpha value is -2.25. The van der Waals surface area contributed by atoms with Crippen molar-refractivity contribution in [3.8, 4) is 11.6 Å². The Balaban J connectivity index is 1.87. The zero-order chi connectivity index (χ0) is 17.1. The minimum Gasteiger partial charge on any atom is -0.437 e. The molecule has 1 aliphatic heterocycles. The Bertz CT molecular complexity index is 709. The Kier molecular flexibility index (Phi) is 4.92. The molecule has 7 nitrogen and oxygen atoms in total. The standard InChI is InChI=1S/C17H23N5O2/c1-12-16(22-8-7-21(3)9-14(23)10-22)19-11-20-17(12)24-15-5-4-6-18-13(15)2/h4-6,11,14,23H,7-10H2,1-3H3/t14-/m0/s1. The van der Waals surface area contributed by atoms with Crippen LogP contribution >= 0.6 is 0 Å². The van der Waals surface area contributed by atoms with E-state index < -0.39 is 6.10 Å². The summed E-state index contributed by atoms with van der Waals surface area (Å²) >= 11 is 0. The molecule has 1 aliphatic rings. The Morgan fingerprint density at radius 1 is 1.17 bits per heavy atom. The Morgan fingerprint density at radius 2 is 2.00 bits per heavy atom. The zero-order valence-corrected chi connectivity index (χ0v) is 14.3. The number of rotatable bonds is 3. The first-order valence-corrected chi connectivity index (χ1v) is 8.07. The highest BCUT2D eigenvalue weighted by Crippen LogP contribution is 2.29. The van der Waals surface area contributed by atoms with Gasteiger partial charge in [0.1, 0.15) is 12.1 Å². The van der Waals surface area contributed by atoms with Crippen molar-refractivity contribution in [2.75, 3.05) is 38.1 Å². The lowest BCUT2D eigenvalue weighted by Gasteiger charge is -2.24. The van der Waals surface area contributed by atoms with Gasteiger partial charge in [0.25, 0.3) is 0 Å². The van der Waals surface area contributed by atoms with Gasteiger partial charge in [0.15, 0.2) is 5.75 Å². The van der Waals surface area contributed by atoms with Crippen molar-refractivity contribution < 1.29 is 9.84 Å². The molecule has 0 unspecified atom stereocenters. The number of likely N-dealkylation sites (N-methyl/N-ethyl adjacent to an activating group) is 1. The zero-order valence-electron chi connectivity index (χ0n) is 14.3. The summed E-state index contributed by atoms with van der Waals surface area (Å²) in [6.07, 6.45) is 2.83. The average molecular weight is 329 g/mol. The van der Waals surface area contributed by atoms with Crippen LogP contribution in [-0.4, -0.2) is 64.3 Å². The molecule has 0 radical (unpaired) electrons. The number of ether oxygens (including phenoxy) is 1. The van der Waals surface area contributed by atoms with E-state index in [-0.39, 0.29) is 0 Å². The van der Waals surface area contributed by atoms with Gasteiger partial charge in [0.05, 0.1) is 17.4 Å². The quantitative estimate of drug-likeness (QED) is 0.912. The highest BCUT2D eigenvalue weighted by atomic mass is 16.5. The number of β-amino-alcohol motifs (C(OH)–C–C–N with tert-alkyl or cyclic N) is 1. The summed E-state index contributed by atoms with van der Waals surface area (Å²) in [7, 11) is 2.01. The van der Waals surface area contributed by atoms with E-state index in [0.29, 0.717) is 24.7 Å². The molecule has 0 aliphatic carbocycles. The number of hydrogen-bond acceptors (Lipinski definition) is 7. The molecule has 0 bridgehead atoms. The molecule has 1 N–H and O–H groups in total. The monoisotopic (exact) mass is 329 g/mol. The summed E-state index contributed by atoms with van der Waals surface area (Å²) in [5, 5.41) is 10.2. The fraction of sp³-hybridized carbons (Fsp3) is 0.471. The highest BCUT2D eigenvalue weighted by Gasteiger charge is 2.23. The number of aliphatic hydroxyl groups excluding tert-OH is 1. The summed E-state index contributed by atoms with van der Waals surface area (Å²) in [4.78, 5) is 17.1. The van der Waals surface area contributed by atoms with Gasteiger partial charge in [-0.05, 0) is 33.0 Å². The molecule has 1 fully saturated rings. The summed E-state index contributed by atoms with van der Waals surface area (Å²) < 4.78 is 5.94. The molecule has 0 amide bonds. The van der Waals surface area contributed by atoms with Crippen LogP contribution in [0.25, 0.3) is 0 Å². The summed E-state index contributed by atoms with van der Waals surface area (Å²) in [6.45, 7) is 6.73. The summed E-state index contributed by atoms with van der Waals surface area (Å²) in [5.74, 6) is 2.00. The third-order valence-electron chi connectivity index (χ3n) is 4.18. The van der Waals surface area contributed by atoms with E-state index in [4.69, 9.17) is 4.74 Å². The first-order valence-electron chi connectivity index (χ1n) is 8.07. The van der Waals surface area contributed by atoms with Gasteiger partial charge >= 0.3 is 0 Å². The fourth-order valence-electron chi connectivity index (χ4n) is 2.87. The van der Waals surface area contributed by atoms with Crippen molar-refractivity contribution in [3.05, 3.63) is 35.9 Å². The maximum atomic E-state index is 10.2. The van der Waals surface area contributed by atoms with Crippen molar-refractivity contribution >= 4 is 5.82 Å². The van der Waals surface area contributed by atoms with Gasteiger partial charge in [-0.3, -0.25) is 4.98 Å². The molecule has 0 spiro atoms. The predicted molar refractivity (Wildman–Crippen MR) is 91.5 cm³/mol. The maximum Gasteiger partial charge on any atom is 0.227 e. The van der Waals surface area contributed by atoms with Crippen molar-refractivity contribution in [3.63, 3.8) is 0 Å². The number of aryl methyl sites for hydroxylation is 1. The minimum absolute atomic E-state index is 0.406. The third-order valence-corrected chi connectivity index (χ3v) is 4.18. The largest absolute Gasteiger partial charge is 0.437 e. The molecule has 1 atom stereocenters. The van der Waals surface area contributed by atoms with Crippen LogP contribution in [0.15, 0.2) is 24.7 Å². The SMILES string of the molecule is Cc1ncccc1Oc1ncnc(N2CCN(C)C[C@H](O)C2)c1C. The van der Waals surface area contributed by atoms with Gasteiger partial charge in [-0.2, -0.15) is 0 Å². The van der Waals surface area contributed by atoms with Crippen LogP contribution in [0.2, 0.25) is 0 Å². The summed E-state index contributed by atoms with van der Waals surface area (Å²) in [6, 6.07) is 3.70. The van der Waals surface area contributed by atoms with Gasteiger partial charge in [0.2, 0.25) is 5.88 Å². The van der Waals surface area contributed by atoms with E-state index in [1.165, 1.54) is 6.33 Å². The van der Waals surface area contributed by atoms with E-state index in [2.05, 4.69) is 24.8 Å². The number of hydrogen-bond donors (Lipinski definition) is 1. The lowest BCUT2D eigenvalue weighted by molar-refractivity contribution is 0.145. The van der Waals surface area contributed by atoms with Crippen LogP contribution in [-0.2, 0) is 0 Å². The molecule has 2 aromatic rings. The molecule has 2 aromatic heterocycles. The molecule has 128 valence electrons. The first-order chi connectivity index (χ1) is 11.5. The Labute approximate surface area is 141 Å². The number of aromatic nitrogens is 3. The molecule has 3 rings (SSSR count). The average Bonchev–Trinajstić information content (AvgIpc) is 2.72. The van der Waals surface area contributed by atoms with Crippen LogP contribution in [0.3, 0.4) is 0 Å². The van der Waals surface area contributed by atoms with Gasteiger partial charge in [-0.15, -0.1) is 0 Å². The maximum absolute atomic E-state index is 10.2. The first kappa shape index (κ1) is 16.6. The molecule has 0 saturated carbocycles. The minimum atomic E-state index is -0.406. The number of anilines is 1. The van der Waals surface area contributed by atoms with Crippen LogP contribution < -0.4 is 9.64 Å². The highest BCUT2D eigenvalue weighted by molar-refractivity contribution is 5.51. The van der Waals surface area contributed by atoms with Crippen molar-refractivity contribution in [2.45, 2.75) is 20.0 Å². The molecule has 0 aromatic carbocycles. The second kappa shape index (κ2) is 7.11. The molecule has 7 heteroatoms. The van der Waals surface area contributed by atoms with Crippen LogP contribution in [0.5, 0.6) is 11.6 Å². The predicted octanol–water partition coefficient (Wildman–Crippen LogP) is 1.39. The Morgan fingerprint density at radius 3 is 2.79 bits per heavy atom. The second-order valence-corrected chi connectivity index (χ2v) is 6.18. The van der Waals surface area contributed by atoms with Crippen LogP contribution in [0, 0.1) is 13.8 Å². The van der Waals surface area contributed by atoms with Gasteiger partial charge in [0, 0.05) is 32.4 Å². The topological polar surface area (TPSA) is 74.6 Å². The third kappa shape index (κ3) is 3.63. The lowest BCUT2D eigenvalue weighted by atomic mass is 10.2. The van der Waals surface area contributed by atoms with E-state index in [9.17, 15) is 5.11 Å². The normalized spacial score (nSPS) is 19.2. The van der Waals surface area contributed by atoms with Crippen molar-refractivity contribution in [2.24, 2.45) is 0 Å². The molecule has 24 heavy (non-hydrogen) atoms. The van der Waals surface area contributed by atoms with E-state index in [0.717, 1.165) is 30.2 Å². The fourth-order valence-corrected chi connectivity index (χ4v) is 2.87. The number of pyridine rings is 1. The van der Waals surface area contributed by atoms with Crippen LogP contribution in [0.1, 0.15) is 11.3 Å². The van der Waals surface area contributed by atoms with E-state index in [1.807, 2.05) is 33.0 Å². The van der Waals surface area contributed by atoms with E-state index >= 15 is 0 Å². The van der Waals surface area contributed by atoms with Gasteiger partial charge in [-0.25, -0.2) is 9.97 Å². The van der Waals surface area contributed by atoms with E-state index in [1.54, 1.807) is 6.20 Å². The van der Waals surface area contributed by atoms with Crippen molar-refractivity contribution in [1.29, 1.82) is 0 Å². The number of aliphatic hydroxyl groups is 1. The summed E-state index contributed by atoms with van der Waals surface area (Å²) in [5.41, 5.74) is 1.67. The molecule has 1 saturated heterocycles. The molecular formula is C17H23N5O2. The van der Waals surface area contributed by atoms with Gasteiger partial charge < -0.3 is 19.6 Å². The second-order valence-electron chi connectivity index (χ2n) is 6.18. The lowest BCUT2D eigenvalue weighted by Crippen LogP contribution is -2.34. The smallest absolute Gasteiger partial charge is 0.227 e. The van der Waals surface area contributed by atoms with Crippen molar-refractivity contribution in [1.82, 2.24) is 19.9 Å². The van der Waals surface area contributed by atoms with Gasteiger partial charge in [-0.1, -0.05) is 0 Å². The molecular weight excluding hydrogens is 306 g/mol.